The van der Waals surface area contributed by atoms with Crippen molar-refractivity contribution in [1.82, 2.24) is 4.90 Å². The number of hydrogen-bond acceptors (Lipinski definition) is 2. The molecule has 0 heterocycles. The molecule has 0 aliphatic rings. The molecular formula is C14H19FN2O. The summed E-state index contributed by atoms with van der Waals surface area (Å²) in [5.41, 5.74) is 6.22. The summed E-state index contributed by atoms with van der Waals surface area (Å²) in [6, 6.07) is 6.01. The van der Waals surface area contributed by atoms with E-state index in [2.05, 4.69) is 0 Å². The molecule has 0 aliphatic carbocycles. The normalized spacial score (nSPS) is 10.8. The Bertz CT molecular complexity index is 401. The molecule has 0 atom stereocenters. The highest BCUT2D eigenvalue weighted by Crippen LogP contribution is 2.05. The lowest BCUT2D eigenvalue weighted by atomic mass is 10.2. The maximum atomic E-state index is 12.7. The van der Waals surface area contributed by atoms with Gasteiger partial charge in [-0.3, -0.25) is 4.79 Å². The molecule has 3 nitrogen and oxygen atoms in total. The average Bonchev–Trinajstić information content (AvgIpc) is 2.39. The first kappa shape index (κ1) is 14.4. The number of rotatable bonds is 6. The SMILES string of the molecule is CCN(CCCN)C(=O)/C=C/c1ccc(F)cc1. The summed E-state index contributed by atoms with van der Waals surface area (Å²) in [6.07, 6.45) is 3.99. The lowest BCUT2D eigenvalue weighted by Gasteiger charge is -2.18. The van der Waals surface area contributed by atoms with Crippen molar-refractivity contribution in [3.05, 3.63) is 41.7 Å². The molecule has 0 bridgehead atoms. The van der Waals surface area contributed by atoms with Gasteiger partial charge in [0.2, 0.25) is 5.91 Å². The molecule has 0 spiro atoms. The van der Waals surface area contributed by atoms with E-state index in [9.17, 15) is 9.18 Å². The van der Waals surface area contributed by atoms with Crippen molar-refractivity contribution in [2.45, 2.75) is 13.3 Å². The number of nitrogens with zero attached hydrogens (tertiary/aromatic N) is 1. The summed E-state index contributed by atoms with van der Waals surface area (Å²) in [7, 11) is 0. The maximum absolute atomic E-state index is 12.7. The zero-order valence-corrected chi connectivity index (χ0v) is 10.6. The number of carbonyl (C=O) groups is 1. The smallest absolute Gasteiger partial charge is 0.246 e. The molecule has 1 rings (SSSR count). The number of likely N-dealkylation sites (N-methyl/N-ethyl adjacent to an activating group) is 1. The molecule has 4 heteroatoms. The number of hydrogen-bond donors (Lipinski definition) is 1. The fourth-order valence-corrected chi connectivity index (χ4v) is 1.55. The van der Waals surface area contributed by atoms with E-state index in [-0.39, 0.29) is 11.7 Å². The monoisotopic (exact) mass is 250 g/mol. The van der Waals surface area contributed by atoms with Crippen LogP contribution in [0.15, 0.2) is 30.3 Å². The first-order valence-electron chi connectivity index (χ1n) is 6.10. The quantitative estimate of drug-likeness (QED) is 0.785. The van der Waals surface area contributed by atoms with Crippen molar-refractivity contribution < 1.29 is 9.18 Å². The van der Waals surface area contributed by atoms with Gasteiger partial charge in [-0.25, -0.2) is 4.39 Å². The number of halogens is 1. The molecule has 0 radical (unpaired) electrons. The van der Waals surface area contributed by atoms with Gasteiger partial charge in [0.05, 0.1) is 0 Å². The van der Waals surface area contributed by atoms with Gasteiger partial charge in [0, 0.05) is 19.2 Å². The number of nitrogens with two attached hydrogens (primary N) is 1. The lowest BCUT2D eigenvalue weighted by Crippen LogP contribution is -2.31. The van der Waals surface area contributed by atoms with Crippen molar-refractivity contribution in [3.8, 4) is 0 Å². The molecule has 0 saturated carbocycles. The Hall–Kier alpha value is -1.68. The van der Waals surface area contributed by atoms with Gasteiger partial charge >= 0.3 is 0 Å². The standard InChI is InChI=1S/C14H19FN2O/c1-2-17(11-3-10-16)14(18)9-6-12-4-7-13(15)8-5-12/h4-9H,2-3,10-11,16H2,1H3/b9-6+. The third kappa shape index (κ3) is 4.67. The van der Waals surface area contributed by atoms with Crippen LogP contribution in [0.5, 0.6) is 0 Å². The summed E-state index contributed by atoms with van der Waals surface area (Å²) in [5, 5.41) is 0. The van der Waals surface area contributed by atoms with Gasteiger partial charge < -0.3 is 10.6 Å². The van der Waals surface area contributed by atoms with E-state index in [1.807, 2.05) is 6.92 Å². The molecule has 98 valence electrons. The van der Waals surface area contributed by atoms with E-state index in [0.717, 1.165) is 12.0 Å². The molecule has 0 saturated heterocycles. The first-order valence-corrected chi connectivity index (χ1v) is 6.10. The molecule has 0 aromatic heterocycles. The number of benzene rings is 1. The van der Waals surface area contributed by atoms with Gasteiger partial charge in [-0.15, -0.1) is 0 Å². The molecule has 18 heavy (non-hydrogen) atoms. The van der Waals surface area contributed by atoms with Crippen LogP contribution in [0, 0.1) is 5.82 Å². The maximum Gasteiger partial charge on any atom is 0.246 e. The molecule has 0 unspecified atom stereocenters. The van der Waals surface area contributed by atoms with Crippen molar-refractivity contribution in [2.24, 2.45) is 5.73 Å². The van der Waals surface area contributed by atoms with Crippen LogP contribution in [0.1, 0.15) is 18.9 Å². The average molecular weight is 250 g/mol. The van der Waals surface area contributed by atoms with Crippen molar-refractivity contribution >= 4 is 12.0 Å². The van der Waals surface area contributed by atoms with E-state index >= 15 is 0 Å². The van der Waals surface area contributed by atoms with Crippen LogP contribution < -0.4 is 5.73 Å². The predicted octanol–water partition coefficient (Wildman–Crippen LogP) is 2.04. The second-order valence-corrected chi connectivity index (χ2v) is 3.95. The van der Waals surface area contributed by atoms with Crippen molar-refractivity contribution in [2.75, 3.05) is 19.6 Å². The Morgan fingerprint density at radius 1 is 1.39 bits per heavy atom. The Labute approximate surface area is 107 Å². The Kier molecular flexibility index (Phi) is 6.08. The van der Waals surface area contributed by atoms with Crippen molar-refractivity contribution in [3.63, 3.8) is 0 Å². The van der Waals surface area contributed by atoms with Crippen LogP contribution in [0.2, 0.25) is 0 Å². The third-order valence-electron chi connectivity index (χ3n) is 2.61. The minimum absolute atomic E-state index is 0.0460. The lowest BCUT2D eigenvalue weighted by molar-refractivity contribution is -0.125. The number of amides is 1. The van der Waals surface area contributed by atoms with Crippen LogP contribution in [0.25, 0.3) is 6.08 Å². The summed E-state index contributed by atoms with van der Waals surface area (Å²) >= 11 is 0. The third-order valence-corrected chi connectivity index (χ3v) is 2.61. The highest BCUT2D eigenvalue weighted by atomic mass is 19.1. The van der Waals surface area contributed by atoms with Gasteiger partial charge in [0.1, 0.15) is 5.82 Å². The Balaban J connectivity index is 2.59. The first-order chi connectivity index (χ1) is 8.67. The minimum Gasteiger partial charge on any atom is -0.339 e. The molecule has 1 amide bonds. The number of carbonyl (C=O) groups excluding carboxylic acids is 1. The minimum atomic E-state index is -0.281. The fourth-order valence-electron chi connectivity index (χ4n) is 1.55. The van der Waals surface area contributed by atoms with Gasteiger partial charge in [-0.1, -0.05) is 12.1 Å². The summed E-state index contributed by atoms with van der Waals surface area (Å²) in [5.74, 6) is -0.327. The Morgan fingerprint density at radius 2 is 2.06 bits per heavy atom. The topological polar surface area (TPSA) is 46.3 Å². The van der Waals surface area contributed by atoms with E-state index in [0.29, 0.717) is 19.6 Å². The van der Waals surface area contributed by atoms with Crippen LogP contribution >= 0.6 is 0 Å². The van der Waals surface area contributed by atoms with E-state index in [4.69, 9.17) is 5.73 Å². The van der Waals surface area contributed by atoms with E-state index in [1.54, 1.807) is 23.1 Å². The zero-order valence-electron chi connectivity index (χ0n) is 10.6. The highest BCUT2D eigenvalue weighted by Gasteiger charge is 2.06. The molecule has 2 N–H and O–H groups in total. The van der Waals surface area contributed by atoms with Crippen LogP contribution in [-0.4, -0.2) is 30.4 Å². The zero-order chi connectivity index (χ0) is 13.4. The molecule has 0 fully saturated rings. The predicted molar refractivity (Wildman–Crippen MR) is 71.4 cm³/mol. The largest absolute Gasteiger partial charge is 0.339 e. The van der Waals surface area contributed by atoms with Gasteiger partial charge in [-0.2, -0.15) is 0 Å². The molecule has 1 aromatic rings. The van der Waals surface area contributed by atoms with Crippen LogP contribution in [-0.2, 0) is 4.79 Å². The summed E-state index contributed by atoms with van der Waals surface area (Å²) < 4.78 is 12.7. The van der Waals surface area contributed by atoms with Crippen LogP contribution in [0.4, 0.5) is 4.39 Å². The van der Waals surface area contributed by atoms with Gasteiger partial charge in [-0.05, 0) is 43.7 Å². The summed E-state index contributed by atoms with van der Waals surface area (Å²) in [4.78, 5) is 13.6. The van der Waals surface area contributed by atoms with Gasteiger partial charge in [0.15, 0.2) is 0 Å². The highest BCUT2D eigenvalue weighted by molar-refractivity contribution is 5.91. The van der Waals surface area contributed by atoms with E-state index < -0.39 is 0 Å². The van der Waals surface area contributed by atoms with Crippen LogP contribution in [0.3, 0.4) is 0 Å². The Morgan fingerprint density at radius 3 is 2.61 bits per heavy atom. The molecule has 0 aliphatic heterocycles. The van der Waals surface area contributed by atoms with E-state index in [1.165, 1.54) is 18.2 Å². The fraction of sp³-hybridized carbons (Fsp3) is 0.357. The molecular weight excluding hydrogens is 231 g/mol. The molecule has 1 aromatic carbocycles. The second-order valence-electron chi connectivity index (χ2n) is 3.95. The summed E-state index contributed by atoms with van der Waals surface area (Å²) in [6.45, 7) is 3.83. The second kappa shape index (κ2) is 7.61. The van der Waals surface area contributed by atoms with Gasteiger partial charge in [0.25, 0.3) is 0 Å². The van der Waals surface area contributed by atoms with Crippen molar-refractivity contribution in [1.29, 1.82) is 0 Å².